The number of alkyl halides is 3. The van der Waals surface area contributed by atoms with E-state index in [-0.39, 0.29) is 15.9 Å². The molecule has 2 aromatic heterocycles. The van der Waals surface area contributed by atoms with Gasteiger partial charge in [-0.15, -0.1) is 11.3 Å². The van der Waals surface area contributed by atoms with Crippen molar-refractivity contribution in [2.75, 3.05) is 0 Å². The summed E-state index contributed by atoms with van der Waals surface area (Å²) in [5.41, 5.74) is 0.878. The molecule has 0 radical (unpaired) electrons. The molecule has 0 bridgehead atoms. The molecule has 0 aliphatic heterocycles. The van der Waals surface area contributed by atoms with E-state index in [4.69, 9.17) is 11.6 Å². The van der Waals surface area contributed by atoms with E-state index in [1.54, 1.807) is 7.05 Å². The average molecular weight is 340 g/mol. The summed E-state index contributed by atoms with van der Waals surface area (Å²) >= 11 is 6.50. The highest BCUT2D eigenvalue weighted by atomic mass is 35.5. The molecule has 0 spiro atoms. The predicted molar refractivity (Wildman–Crippen MR) is 73.5 cm³/mol. The van der Waals surface area contributed by atoms with Crippen LogP contribution in [0.2, 0.25) is 5.15 Å². The van der Waals surface area contributed by atoms with E-state index in [0.717, 1.165) is 6.20 Å². The van der Waals surface area contributed by atoms with Gasteiger partial charge in [-0.05, 0) is 5.92 Å². The molecule has 0 amide bonds. The summed E-state index contributed by atoms with van der Waals surface area (Å²) < 4.78 is 39.1. The summed E-state index contributed by atoms with van der Waals surface area (Å²) in [4.78, 5) is 3.39. The normalized spacial score (nSPS) is 14.0. The van der Waals surface area contributed by atoms with E-state index in [2.05, 4.69) is 10.1 Å². The molecule has 2 heterocycles. The molecule has 2 aromatic rings. The summed E-state index contributed by atoms with van der Waals surface area (Å²) in [5.74, 6) is -0.0247. The average Bonchev–Trinajstić information content (AvgIpc) is 2.95. The summed E-state index contributed by atoms with van der Waals surface area (Å²) in [6, 6.07) is 0. The van der Waals surface area contributed by atoms with Crippen LogP contribution in [0.3, 0.4) is 0 Å². The Labute approximate surface area is 128 Å². The standard InChI is InChI=1S/C12H13ClF3N3OS/c1-5(2)8-7(10(13)19(3)18-8)9(20)6-4-17-11(21-6)12(14,15)16/h4-5,9,20H,1-3H3. The fourth-order valence-corrected chi connectivity index (χ4v) is 2.92. The first kappa shape index (κ1) is 16.3. The van der Waals surface area contributed by atoms with Crippen molar-refractivity contribution in [1.29, 1.82) is 0 Å². The van der Waals surface area contributed by atoms with Gasteiger partial charge in [0.1, 0.15) is 11.3 Å². The molecule has 0 fully saturated rings. The molecular formula is C12H13ClF3N3OS. The monoisotopic (exact) mass is 339 g/mol. The smallest absolute Gasteiger partial charge is 0.383 e. The number of hydrogen-bond donors (Lipinski definition) is 1. The summed E-state index contributed by atoms with van der Waals surface area (Å²) in [6.07, 6.45) is -4.79. The lowest BCUT2D eigenvalue weighted by Gasteiger charge is -2.11. The quantitative estimate of drug-likeness (QED) is 0.926. The van der Waals surface area contributed by atoms with Crippen LogP contribution in [0.4, 0.5) is 13.2 Å². The minimum atomic E-state index is -4.53. The number of rotatable bonds is 3. The highest BCUT2D eigenvalue weighted by Gasteiger charge is 2.36. The third-order valence-electron chi connectivity index (χ3n) is 2.90. The Morgan fingerprint density at radius 1 is 1.38 bits per heavy atom. The number of aliphatic hydroxyl groups excluding tert-OH is 1. The Morgan fingerprint density at radius 3 is 2.48 bits per heavy atom. The van der Waals surface area contributed by atoms with Gasteiger partial charge in [0.15, 0.2) is 5.01 Å². The van der Waals surface area contributed by atoms with Crippen molar-refractivity contribution in [2.24, 2.45) is 7.05 Å². The van der Waals surface area contributed by atoms with E-state index in [0.29, 0.717) is 22.6 Å². The zero-order chi connectivity index (χ0) is 15.9. The van der Waals surface area contributed by atoms with Crippen molar-refractivity contribution in [3.63, 3.8) is 0 Å². The minimum absolute atomic E-state index is 0.0247. The molecule has 1 atom stereocenters. The summed E-state index contributed by atoms with van der Waals surface area (Å²) in [6.45, 7) is 3.73. The first-order valence-corrected chi connectivity index (χ1v) is 7.25. The highest BCUT2D eigenvalue weighted by Crippen LogP contribution is 2.39. The van der Waals surface area contributed by atoms with Crippen molar-refractivity contribution in [1.82, 2.24) is 14.8 Å². The van der Waals surface area contributed by atoms with Crippen LogP contribution in [-0.2, 0) is 13.2 Å². The van der Waals surface area contributed by atoms with Gasteiger partial charge in [0, 0.05) is 18.8 Å². The Bertz CT molecular complexity index is 651. The Hall–Kier alpha value is -1.12. The zero-order valence-corrected chi connectivity index (χ0v) is 13.0. The predicted octanol–water partition coefficient (Wildman–Crippen LogP) is 3.75. The minimum Gasteiger partial charge on any atom is -0.383 e. The van der Waals surface area contributed by atoms with Gasteiger partial charge in [0.25, 0.3) is 0 Å². The molecule has 116 valence electrons. The number of aromatic nitrogens is 3. The van der Waals surface area contributed by atoms with Crippen LogP contribution >= 0.6 is 22.9 Å². The Kier molecular flexibility index (Phi) is 4.32. The van der Waals surface area contributed by atoms with Gasteiger partial charge in [-0.3, -0.25) is 4.68 Å². The highest BCUT2D eigenvalue weighted by molar-refractivity contribution is 7.11. The molecule has 21 heavy (non-hydrogen) atoms. The maximum atomic E-state index is 12.6. The fourth-order valence-electron chi connectivity index (χ4n) is 1.91. The van der Waals surface area contributed by atoms with Crippen molar-refractivity contribution in [3.8, 4) is 0 Å². The first-order chi connectivity index (χ1) is 9.62. The van der Waals surface area contributed by atoms with Crippen molar-refractivity contribution < 1.29 is 18.3 Å². The second-order valence-corrected chi connectivity index (χ2v) is 6.26. The molecule has 1 unspecified atom stereocenters. The van der Waals surface area contributed by atoms with Crippen LogP contribution in [0.25, 0.3) is 0 Å². The topological polar surface area (TPSA) is 50.9 Å². The number of aryl methyl sites for hydroxylation is 1. The molecule has 0 aromatic carbocycles. The number of nitrogens with zero attached hydrogens (tertiary/aromatic N) is 3. The van der Waals surface area contributed by atoms with Gasteiger partial charge < -0.3 is 5.11 Å². The van der Waals surface area contributed by atoms with E-state index in [1.807, 2.05) is 13.8 Å². The van der Waals surface area contributed by atoms with E-state index >= 15 is 0 Å². The number of hydrogen-bond acceptors (Lipinski definition) is 4. The maximum Gasteiger partial charge on any atom is 0.443 e. The lowest BCUT2D eigenvalue weighted by molar-refractivity contribution is -0.137. The van der Waals surface area contributed by atoms with Crippen LogP contribution in [0, 0.1) is 0 Å². The second-order valence-electron chi connectivity index (χ2n) is 4.84. The van der Waals surface area contributed by atoms with Crippen molar-refractivity contribution in [3.05, 3.63) is 32.5 Å². The number of aliphatic hydroxyl groups is 1. The zero-order valence-electron chi connectivity index (χ0n) is 11.4. The first-order valence-electron chi connectivity index (χ1n) is 6.06. The van der Waals surface area contributed by atoms with Crippen LogP contribution in [0.5, 0.6) is 0 Å². The third-order valence-corrected chi connectivity index (χ3v) is 4.44. The molecule has 0 saturated heterocycles. The third kappa shape index (κ3) is 3.07. The number of halogens is 4. The molecule has 2 rings (SSSR count). The lowest BCUT2D eigenvalue weighted by atomic mass is 10.0. The van der Waals surface area contributed by atoms with Gasteiger partial charge in [-0.25, -0.2) is 4.98 Å². The van der Waals surface area contributed by atoms with Gasteiger partial charge in [-0.2, -0.15) is 18.3 Å². The Balaban J connectivity index is 2.45. The molecular weight excluding hydrogens is 327 g/mol. The SMILES string of the molecule is CC(C)c1nn(C)c(Cl)c1C(O)c1cnc(C(F)(F)F)s1. The van der Waals surface area contributed by atoms with E-state index in [9.17, 15) is 18.3 Å². The second kappa shape index (κ2) is 5.58. The lowest BCUT2D eigenvalue weighted by Crippen LogP contribution is -2.03. The van der Waals surface area contributed by atoms with Crippen LogP contribution in [0.15, 0.2) is 6.20 Å². The fraction of sp³-hybridized carbons (Fsp3) is 0.500. The van der Waals surface area contributed by atoms with Crippen molar-refractivity contribution in [2.45, 2.75) is 32.0 Å². The van der Waals surface area contributed by atoms with E-state index in [1.165, 1.54) is 4.68 Å². The largest absolute Gasteiger partial charge is 0.443 e. The molecule has 0 saturated carbocycles. The van der Waals surface area contributed by atoms with E-state index < -0.39 is 17.3 Å². The van der Waals surface area contributed by atoms with Gasteiger partial charge in [-0.1, -0.05) is 25.4 Å². The molecule has 0 aliphatic carbocycles. The summed E-state index contributed by atoms with van der Waals surface area (Å²) in [7, 11) is 1.61. The molecule has 1 N–H and O–H groups in total. The van der Waals surface area contributed by atoms with Crippen molar-refractivity contribution >= 4 is 22.9 Å². The molecule has 4 nitrogen and oxygen atoms in total. The van der Waals surface area contributed by atoms with Gasteiger partial charge in [0.2, 0.25) is 0 Å². The van der Waals surface area contributed by atoms with Crippen LogP contribution < -0.4 is 0 Å². The maximum absolute atomic E-state index is 12.6. The summed E-state index contributed by atoms with van der Waals surface area (Å²) in [5, 5.41) is 13.8. The van der Waals surface area contributed by atoms with Gasteiger partial charge in [0.05, 0.1) is 10.6 Å². The molecule has 0 aliphatic rings. The van der Waals surface area contributed by atoms with Crippen LogP contribution in [0.1, 0.15) is 47.0 Å². The molecule has 9 heteroatoms. The van der Waals surface area contributed by atoms with Crippen LogP contribution in [-0.4, -0.2) is 19.9 Å². The Morgan fingerprint density at radius 2 is 2.00 bits per heavy atom. The van der Waals surface area contributed by atoms with Gasteiger partial charge >= 0.3 is 6.18 Å². The number of thiazole rings is 1.